The summed E-state index contributed by atoms with van der Waals surface area (Å²) in [5, 5.41) is 4.75. The molecule has 2 aromatic heterocycles. The van der Waals surface area contributed by atoms with Gasteiger partial charge in [-0.15, -0.1) is 0 Å². The molecule has 1 aromatic carbocycles. The van der Waals surface area contributed by atoms with E-state index in [1.165, 1.54) is 0 Å². The summed E-state index contributed by atoms with van der Waals surface area (Å²) in [6.45, 7) is 1.43. The molecule has 0 saturated carbocycles. The Balaban J connectivity index is 1.86. The zero-order valence-electron chi connectivity index (χ0n) is 16.2. The van der Waals surface area contributed by atoms with E-state index in [1.807, 2.05) is 12.1 Å². The smallest absolute Gasteiger partial charge is 0.220 e. The summed E-state index contributed by atoms with van der Waals surface area (Å²) in [5.41, 5.74) is 7.84. The van der Waals surface area contributed by atoms with Crippen LogP contribution in [0.15, 0.2) is 24.4 Å². The molecule has 0 amide bonds. The zero-order chi connectivity index (χ0) is 20.4. The van der Waals surface area contributed by atoms with Crippen LogP contribution in [0.3, 0.4) is 0 Å². The van der Waals surface area contributed by atoms with Gasteiger partial charge in [-0.3, -0.25) is 0 Å². The van der Waals surface area contributed by atoms with Crippen LogP contribution in [0.25, 0.3) is 22.2 Å². The Morgan fingerprint density at radius 3 is 2.66 bits per heavy atom. The Morgan fingerprint density at radius 1 is 1.14 bits per heavy atom. The number of fused-ring (bicyclic) bond motifs is 1. The van der Waals surface area contributed by atoms with E-state index in [-0.39, 0.29) is 12.0 Å². The van der Waals surface area contributed by atoms with E-state index in [2.05, 4.69) is 15.3 Å². The Hall–Kier alpha value is -2.84. The van der Waals surface area contributed by atoms with Crippen LogP contribution in [0.1, 0.15) is 12.8 Å². The van der Waals surface area contributed by atoms with Gasteiger partial charge in [0, 0.05) is 42.5 Å². The van der Waals surface area contributed by atoms with Gasteiger partial charge in [0.15, 0.2) is 5.82 Å². The Labute approximate surface area is 173 Å². The third-order valence-corrected chi connectivity index (χ3v) is 5.28. The molecule has 1 aliphatic rings. The summed E-state index contributed by atoms with van der Waals surface area (Å²) < 4.78 is 16.2. The van der Waals surface area contributed by atoms with E-state index in [9.17, 15) is 0 Å². The standard InChI is InChI=1S/C20H22ClN5O3/c1-27-13-8-14(17(21)16(9-13)28-2)15-7-11-10-23-20(22)26-18(11)19(25-15)24-12-3-5-29-6-4-12/h7-10,12H,3-6H2,1-2H3,(H,24,25)(H2,22,23,26). The van der Waals surface area contributed by atoms with Gasteiger partial charge in [0.2, 0.25) is 5.95 Å². The molecule has 8 nitrogen and oxygen atoms in total. The second kappa shape index (κ2) is 8.26. The molecule has 0 bridgehead atoms. The minimum atomic E-state index is 0.197. The van der Waals surface area contributed by atoms with Crippen molar-refractivity contribution in [1.82, 2.24) is 15.0 Å². The van der Waals surface area contributed by atoms with Gasteiger partial charge in [0.1, 0.15) is 17.0 Å². The van der Waals surface area contributed by atoms with Crippen molar-refractivity contribution < 1.29 is 14.2 Å². The second-order valence-corrected chi connectivity index (χ2v) is 7.12. The summed E-state index contributed by atoms with van der Waals surface area (Å²) in [5.74, 6) is 1.96. The van der Waals surface area contributed by atoms with Crippen molar-refractivity contribution >= 4 is 34.3 Å². The fraction of sp³-hybridized carbons (Fsp3) is 0.350. The van der Waals surface area contributed by atoms with Crippen LogP contribution in [0.5, 0.6) is 11.5 Å². The van der Waals surface area contributed by atoms with Gasteiger partial charge in [-0.1, -0.05) is 11.6 Å². The number of hydrogen-bond donors (Lipinski definition) is 2. The molecule has 0 unspecified atom stereocenters. The molecular weight excluding hydrogens is 394 g/mol. The van der Waals surface area contributed by atoms with Crippen molar-refractivity contribution in [2.45, 2.75) is 18.9 Å². The largest absolute Gasteiger partial charge is 0.497 e. The highest BCUT2D eigenvalue weighted by molar-refractivity contribution is 6.34. The van der Waals surface area contributed by atoms with Crippen LogP contribution < -0.4 is 20.5 Å². The molecule has 1 fully saturated rings. The molecule has 3 heterocycles. The first-order chi connectivity index (χ1) is 14.1. The van der Waals surface area contributed by atoms with E-state index in [0.717, 1.165) is 18.2 Å². The van der Waals surface area contributed by atoms with Crippen molar-refractivity contribution in [2.24, 2.45) is 0 Å². The number of rotatable bonds is 5. The van der Waals surface area contributed by atoms with Gasteiger partial charge in [-0.2, -0.15) is 0 Å². The fourth-order valence-electron chi connectivity index (χ4n) is 3.35. The maximum atomic E-state index is 6.58. The molecule has 0 atom stereocenters. The zero-order valence-corrected chi connectivity index (χ0v) is 17.0. The molecule has 3 N–H and O–H groups in total. The van der Waals surface area contributed by atoms with Crippen molar-refractivity contribution in [3.8, 4) is 22.8 Å². The summed E-state index contributed by atoms with van der Waals surface area (Å²) in [6.07, 6.45) is 3.47. The molecule has 1 saturated heterocycles. The predicted molar refractivity (Wildman–Crippen MR) is 113 cm³/mol. The molecule has 9 heteroatoms. The molecule has 0 radical (unpaired) electrons. The fourth-order valence-corrected chi connectivity index (χ4v) is 3.64. The Kier molecular flexibility index (Phi) is 5.55. The first-order valence-corrected chi connectivity index (χ1v) is 9.66. The SMILES string of the molecule is COc1cc(OC)c(Cl)c(-c2cc3cnc(N)nc3c(NC3CCOCC3)n2)c1. The average Bonchev–Trinajstić information content (AvgIpc) is 2.75. The van der Waals surface area contributed by atoms with Crippen molar-refractivity contribution in [1.29, 1.82) is 0 Å². The molecule has 3 aromatic rings. The third kappa shape index (κ3) is 3.99. The third-order valence-electron chi connectivity index (χ3n) is 4.89. The van der Waals surface area contributed by atoms with Gasteiger partial charge < -0.3 is 25.3 Å². The van der Waals surface area contributed by atoms with Gasteiger partial charge >= 0.3 is 0 Å². The van der Waals surface area contributed by atoms with E-state index in [1.54, 1.807) is 26.5 Å². The summed E-state index contributed by atoms with van der Waals surface area (Å²) in [6, 6.07) is 5.68. The Bertz CT molecular complexity index is 1040. The first-order valence-electron chi connectivity index (χ1n) is 9.28. The molecule has 0 spiro atoms. The second-order valence-electron chi connectivity index (χ2n) is 6.74. The van der Waals surface area contributed by atoms with E-state index in [0.29, 0.717) is 52.3 Å². The number of methoxy groups -OCH3 is 2. The molecule has 0 aliphatic carbocycles. The number of aromatic nitrogens is 3. The molecular formula is C20H22ClN5O3. The van der Waals surface area contributed by atoms with Crippen LogP contribution in [-0.4, -0.2) is 48.4 Å². The molecule has 152 valence electrons. The number of nitrogen functional groups attached to an aromatic ring is 1. The first kappa shape index (κ1) is 19.5. The van der Waals surface area contributed by atoms with Gasteiger partial charge in [-0.25, -0.2) is 15.0 Å². The van der Waals surface area contributed by atoms with Crippen LogP contribution in [-0.2, 0) is 4.74 Å². The highest BCUT2D eigenvalue weighted by Crippen LogP contribution is 2.40. The monoisotopic (exact) mass is 415 g/mol. The number of nitrogens with zero attached hydrogens (tertiary/aromatic N) is 3. The maximum Gasteiger partial charge on any atom is 0.220 e. The number of hydrogen-bond acceptors (Lipinski definition) is 8. The minimum absolute atomic E-state index is 0.197. The minimum Gasteiger partial charge on any atom is -0.497 e. The van der Waals surface area contributed by atoms with Crippen molar-refractivity contribution in [3.05, 3.63) is 29.4 Å². The summed E-state index contributed by atoms with van der Waals surface area (Å²) >= 11 is 6.58. The van der Waals surface area contributed by atoms with Gasteiger partial charge in [0.05, 0.1) is 24.9 Å². The quantitative estimate of drug-likeness (QED) is 0.652. The number of nitrogens with two attached hydrogens (primary N) is 1. The van der Waals surface area contributed by atoms with E-state index < -0.39 is 0 Å². The van der Waals surface area contributed by atoms with Crippen molar-refractivity contribution in [2.75, 3.05) is 38.5 Å². The molecule has 29 heavy (non-hydrogen) atoms. The van der Waals surface area contributed by atoms with Crippen LogP contribution in [0.4, 0.5) is 11.8 Å². The number of ether oxygens (including phenoxy) is 3. The summed E-state index contributed by atoms with van der Waals surface area (Å²) in [4.78, 5) is 13.3. The molecule has 4 rings (SSSR count). The number of halogens is 1. The lowest BCUT2D eigenvalue weighted by atomic mass is 10.1. The van der Waals surface area contributed by atoms with Crippen LogP contribution in [0, 0.1) is 0 Å². The van der Waals surface area contributed by atoms with Crippen LogP contribution >= 0.6 is 11.6 Å². The highest BCUT2D eigenvalue weighted by atomic mass is 35.5. The highest BCUT2D eigenvalue weighted by Gasteiger charge is 2.19. The predicted octanol–water partition coefficient (Wildman–Crippen LogP) is 3.54. The number of pyridine rings is 1. The van der Waals surface area contributed by atoms with E-state index in [4.69, 9.17) is 36.5 Å². The van der Waals surface area contributed by atoms with Gasteiger partial charge in [-0.05, 0) is 25.0 Å². The number of anilines is 2. The summed E-state index contributed by atoms with van der Waals surface area (Å²) in [7, 11) is 3.15. The number of benzene rings is 1. The van der Waals surface area contributed by atoms with Crippen LogP contribution in [0.2, 0.25) is 5.02 Å². The topological polar surface area (TPSA) is 104 Å². The lowest BCUT2D eigenvalue weighted by molar-refractivity contribution is 0.0904. The maximum absolute atomic E-state index is 6.58. The lowest BCUT2D eigenvalue weighted by Gasteiger charge is -2.24. The average molecular weight is 416 g/mol. The van der Waals surface area contributed by atoms with E-state index >= 15 is 0 Å². The Morgan fingerprint density at radius 2 is 1.93 bits per heavy atom. The van der Waals surface area contributed by atoms with Crippen molar-refractivity contribution in [3.63, 3.8) is 0 Å². The normalized spacial score (nSPS) is 14.7. The molecule has 1 aliphatic heterocycles. The van der Waals surface area contributed by atoms with Gasteiger partial charge in [0.25, 0.3) is 0 Å². The number of nitrogens with one attached hydrogen (secondary N) is 1. The lowest BCUT2D eigenvalue weighted by Crippen LogP contribution is -2.28.